The zero-order valence-electron chi connectivity index (χ0n) is 23.3. The number of ketones is 1. The average Bonchev–Trinajstić information content (AvgIpc) is 3.63. The first-order valence-corrected chi connectivity index (χ1v) is 13.8. The van der Waals surface area contributed by atoms with Crippen LogP contribution in [0.25, 0.3) is 5.76 Å². The van der Waals surface area contributed by atoms with Crippen molar-refractivity contribution in [2.24, 2.45) is 5.92 Å². The number of aliphatic hydroxyl groups is 1. The third-order valence-electron chi connectivity index (χ3n) is 7.15. The van der Waals surface area contributed by atoms with Gasteiger partial charge in [0, 0.05) is 12.0 Å². The number of Topliss-reactive ketones (excluding diaryl/α,β-unsaturated/α-hetero) is 1. The Kier molecular flexibility index (Phi) is 7.87. The van der Waals surface area contributed by atoms with Gasteiger partial charge < -0.3 is 28.6 Å². The molecule has 0 radical (unpaired) electrons. The number of rotatable bonds is 10. The fraction of sp³-hybridized carbons (Fsp3) is 0.375. The Balaban J connectivity index is 1.59. The summed E-state index contributed by atoms with van der Waals surface area (Å²) in [7, 11) is 0. The zero-order valence-corrected chi connectivity index (χ0v) is 23.3. The van der Waals surface area contributed by atoms with E-state index in [0.717, 1.165) is 17.7 Å². The van der Waals surface area contributed by atoms with Gasteiger partial charge in [-0.05, 0) is 79.8 Å². The van der Waals surface area contributed by atoms with E-state index in [0.29, 0.717) is 53.9 Å². The third kappa shape index (κ3) is 5.43. The van der Waals surface area contributed by atoms with Gasteiger partial charge in [0.25, 0.3) is 11.7 Å². The summed E-state index contributed by atoms with van der Waals surface area (Å²) < 4.78 is 23.2. The van der Waals surface area contributed by atoms with E-state index in [4.69, 9.17) is 18.6 Å². The van der Waals surface area contributed by atoms with Gasteiger partial charge in [-0.2, -0.15) is 0 Å². The molecule has 8 nitrogen and oxygen atoms in total. The van der Waals surface area contributed by atoms with E-state index in [1.165, 1.54) is 11.2 Å². The van der Waals surface area contributed by atoms with Crippen molar-refractivity contribution in [1.29, 1.82) is 0 Å². The Bertz CT molecular complexity index is 1420. The van der Waals surface area contributed by atoms with Crippen LogP contribution in [0.3, 0.4) is 0 Å². The summed E-state index contributed by atoms with van der Waals surface area (Å²) in [6.07, 6.45) is 3.14. The topological polar surface area (TPSA) is 98.4 Å². The summed E-state index contributed by atoms with van der Waals surface area (Å²) in [6.45, 7) is 9.13. The van der Waals surface area contributed by atoms with Crippen LogP contribution in [-0.2, 0) is 22.6 Å². The van der Waals surface area contributed by atoms with Gasteiger partial charge in [0.2, 0.25) is 0 Å². The largest absolute Gasteiger partial charge is 0.507 e. The maximum Gasteiger partial charge on any atom is 0.296 e. The van der Waals surface area contributed by atoms with Crippen LogP contribution < -0.4 is 14.2 Å². The smallest absolute Gasteiger partial charge is 0.296 e. The molecule has 2 aromatic carbocycles. The number of ether oxygens (including phenoxy) is 3. The molecule has 1 aromatic heterocycles. The number of benzene rings is 2. The van der Waals surface area contributed by atoms with E-state index in [9.17, 15) is 14.7 Å². The monoisotopic (exact) mass is 545 g/mol. The molecule has 8 heteroatoms. The highest BCUT2D eigenvalue weighted by Crippen LogP contribution is 2.43. The minimum absolute atomic E-state index is 0.0133. The van der Waals surface area contributed by atoms with Crippen LogP contribution in [0.2, 0.25) is 0 Å². The molecule has 0 saturated carbocycles. The molecule has 0 unspecified atom stereocenters. The number of likely N-dealkylation sites (tertiary alicyclic amines) is 1. The molecule has 210 valence electrons. The summed E-state index contributed by atoms with van der Waals surface area (Å²) in [4.78, 5) is 28.3. The Morgan fingerprint density at radius 2 is 1.93 bits per heavy atom. The first kappa shape index (κ1) is 27.4. The summed E-state index contributed by atoms with van der Waals surface area (Å²) >= 11 is 0. The first-order valence-electron chi connectivity index (χ1n) is 13.8. The van der Waals surface area contributed by atoms with Gasteiger partial charge in [0.15, 0.2) is 11.5 Å². The fourth-order valence-corrected chi connectivity index (χ4v) is 5.17. The molecule has 1 fully saturated rings. The van der Waals surface area contributed by atoms with Crippen molar-refractivity contribution in [3.63, 3.8) is 0 Å². The molecule has 40 heavy (non-hydrogen) atoms. The molecule has 3 heterocycles. The van der Waals surface area contributed by atoms with Gasteiger partial charge in [-0.25, -0.2) is 0 Å². The Morgan fingerprint density at radius 3 is 2.65 bits per heavy atom. The number of hydrogen-bond acceptors (Lipinski definition) is 7. The van der Waals surface area contributed by atoms with Crippen molar-refractivity contribution in [2.75, 3.05) is 13.2 Å². The molecule has 1 N–H and O–H groups in total. The minimum Gasteiger partial charge on any atom is -0.507 e. The number of hydrogen-bond donors (Lipinski definition) is 1. The summed E-state index contributed by atoms with van der Waals surface area (Å²) in [6, 6.07) is 13.3. The van der Waals surface area contributed by atoms with Crippen LogP contribution in [0, 0.1) is 5.92 Å². The highest BCUT2D eigenvalue weighted by Gasteiger charge is 2.46. The van der Waals surface area contributed by atoms with Crippen molar-refractivity contribution in [3.8, 4) is 17.2 Å². The highest BCUT2D eigenvalue weighted by atomic mass is 16.5. The van der Waals surface area contributed by atoms with Crippen LogP contribution >= 0.6 is 0 Å². The molecule has 2 atom stereocenters. The SMILES string of the molecule is CCOc1cc([C@H]2C(=C(O)c3ccc4c(c3)C[C@H](C)O4)C(=O)C(=O)N2Cc2ccco2)ccc1OCCC(C)C. The second-order valence-corrected chi connectivity index (χ2v) is 10.6. The maximum atomic E-state index is 13.5. The van der Waals surface area contributed by atoms with Gasteiger partial charge in [0.05, 0.1) is 37.6 Å². The second-order valence-electron chi connectivity index (χ2n) is 10.6. The van der Waals surface area contributed by atoms with E-state index in [1.54, 1.807) is 36.4 Å². The van der Waals surface area contributed by atoms with Crippen LogP contribution in [0.5, 0.6) is 17.2 Å². The van der Waals surface area contributed by atoms with E-state index >= 15 is 0 Å². The number of amides is 1. The lowest BCUT2D eigenvalue weighted by Gasteiger charge is -2.25. The molecule has 5 rings (SSSR count). The van der Waals surface area contributed by atoms with Crippen LogP contribution in [0.15, 0.2) is 64.8 Å². The number of furan rings is 1. The van der Waals surface area contributed by atoms with Gasteiger partial charge in [0.1, 0.15) is 23.4 Å². The third-order valence-corrected chi connectivity index (χ3v) is 7.15. The molecular formula is C32H35NO7. The van der Waals surface area contributed by atoms with Crippen LogP contribution in [-0.4, -0.2) is 41.0 Å². The number of carbonyl (C=O) groups is 2. The molecule has 0 bridgehead atoms. The first-order chi connectivity index (χ1) is 19.3. The molecule has 0 aliphatic carbocycles. The molecule has 1 saturated heterocycles. The second kappa shape index (κ2) is 11.5. The van der Waals surface area contributed by atoms with Gasteiger partial charge >= 0.3 is 0 Å². The normalized spacial score (nSPS) is 19.7. The van der Waals surface area contributed by atoms with Crippen LogP contribution in [0.4, 0.5) is 0 Å². The Hall–Kier alpha value is -4.20. The van der Waals surface area contributed by atoms with Gasteiger partial charge in [-0.1, -0.05) is 19.9 Å². The quantitative estimate of drug-likeness (QED) is 0.188. The van der Waals surface area contributed by atoms with Crippen molar-refractivity contribution in [3.05, 3.63) is 82.8 Å². The van der Waals surface area contributed by atoms with E-state index in [1.807, 2.05) is 26.0 Å². The van der Waals surface area contributed by atoms with E-state index in [-0.39, 0.29) is 24.0 Å². The predicted molar refractivity (Wildman–Crippen MR) is 149 cm³/mol. The molecule has 2 aliphatic heterocycles. The summed E-state index contributed by atoms with van der Waals surface area (Å²) in [5.41, 5.74) is 2.03. The Morgan fingerprint density at radius 1 is 1.10 bits per heavy atom. The number of carbonyl (C=O) groups excluding carboxylic acids is 2. The lowest BCUT2D eigenvalue weighted by Crippen LogP contribution is -2.29. The number of aliphatic hydroxyl groups excluding tert-OH is 1. The lowest BCUT2D eigenvalue weighted by molar-refractivity contribution is -0.140. The fourth-order valence-electron chi connectivity index (χ4n) is 5.17. The van der Waals surface area contributed by atoms with Crippen LogP contribution in [0.1, 0.15) is 62.6 Å². The van der Waals surface area contributed by atoms with Crippen molar-refractivity contribution < 1.29 is 33.3 Å². The molecule has 1 amide bonds. The van der Waals surface area contributed by atoms with Crippen molar-refractivity contribution in [1.82, 2.24) is 4.90 Å². The Labute approximate surface area is 234 Å². The maximum absolute atomic E-state index is 13.5. The predicted octanol–water partition coefficient (Wildman–Crippen LogP) is 6.05. The summed E-state index contributed by atoms with van der Waals surface area (Å²) in [5.74, 6) is 1.17. The standard InChI is InChI=1S/C32H35NO7/c1-5-37-27-17-21(8-11-26(27)39-14-12-19(2)3)29-28(31(35)32(36)33(29)18-24-7-6-13-38-24)30(34)22-9-10-25-23(16-22)15-20(4)40-25/h6-11,13,16-17,19-20,29,34H,5,12,14-15,18H2,1-4H3/t20-,29-/m0/s1. The van der Waals surface area contributed by atoms with Crippen molar-refractivity contribution >= 4 is 17.4 Å². The highest BCUT2D eigenvalue weighted by molar-refractivity contribution is 6.46. The average molecular weight is 546 g/mol. The van der Waals surface area contributed by atoms with E-state index in [2.05, 4.69) is 13.8 Å². The molecular weight excluding hydrogens is 510 g/mol. The molecule has 3 aromatic rings. The molecule has 2 aliphatic rings. The zero-order chi connectivity index (χ0) is 28.4. The number of fused-ring (bicyclic) bond motifs is 1. The summed E-state index contributed by atoms with van der Waals surface area (Å²) in [5, 5.41) is 11.5. The lowest BCUT2D eigenvalue weighted by atomic mass is 9.94. The molecule has 0 spiro atoms. The minimum atomic E-state index is -0.863. The van der Waals surface area contributed by atoms with Gasteiger partial charge in [-0.3, -0.25) is 9.59 Å². The van der Waals surface area contributed by atoms with Crippen molar-refractivity contribution in [2.45, 2.75) is 59.2 Å². The number of nitrogens with zero attached hydrogens (tertiary/aromatic N) is 1. The van der Waals surface area contributed by atoms with E-state index < -0.39 is 17.7 Å². The van der Waals surface area contributed by atoms with Gasteiger partial charge in [-0.15, -0.1) is 0 Å².